The lowest BCUT2D eigenvalue weighted by Crippen LogP contribution is -2.46. The lowest BCUT2D eigenvalue weighted by molar-refractivity contribution is -0.167. The van der Waals surface area contributed by atoms with Crippen LogP contribution in [0.5, 0.6) is 0 Å². The second-order valence-corrected chi connectivity index (χ2v) is 9.95. The fourth-order valence-corrected chi connectivity index (χ4v) is 4.45. The van der Waals surface area contributed by atoms with Gasteiger partial charge in [0, 0.05) is 25.7 Å². The number of carbonyl (C=O) groups excluding carboxylic acids is 5. The number of rotatable bonds is 24. The molecule has 0 aromatic carbocycles. The smallest absolute Gasteiger partial charge is 0.345 e. The highest BCUT2D eigenvalue weighted by molar-refractivity contribution is 6.24. The Kier molecular flexibility index (Phi) is 20.0. The van der Waals surface area contributed by atoms with Gasteiger partial charge in [-0.2, -0.15) is 0 Å². The molecule has 0 radical (unpaired) electrons. The number of carbonyl (C=O) groups is 5. The summed E-state index contributed by atoms with van der Waals surface area (Å²) in [5, 5.41) is 17.9. The molecule has 0 aliphatic rings. The molecule has 0 aromatic heterocycles. The Bertz CT molecular complexity index is 645. The number of ether oxygens (including phenoxy) is 1. The standard InChI is InChI=1S/C29H50O8/c1-4-7-12-17-24(32)29(25(33)18-13-8-5-2,26(34)19-14-9-6-3)21-16-11-10-15-20-27(35)37-28(36)23(31)22-30/h23,30-31H,4-22H2,1-3H3. The minimum atomic E-state index is -1.74. The van der Waals surface area contributed by atoms with Crippen molar-refractivity contribution in [1.29, 1.82) is 0 Å². The van der Waals surface area contributed by atoms with Crippen LogP contribution in [-0.4, -0.2) is 52.2 Å². The van der Waals surface area contributed by atoms with Crippen molar-refractivity contribution in [1.82, 2.24) is 0 Å². The maximum Gasteiger partial charge on any atom is 0.345 e. The van der Waals surface area contributed by atoms with E-state index in [9.17, 15) is 29.1 Å². The summed E-state index contributed by atoms with van der Waals surface area (Å²) in [5.41, 5.74) is -1.55. The van der Waals surface area contributed by atoms with E-state index in [1.165, 1.54) is 0 Å². The maximum atomic E-state index is 13.5. The van der Waals surface area contributed by atoms with Crippen molar-refractivity contribution >= 4 is 29.3 Å². The van der Waals surface area contributed by atoms with E-state index in [2.05, 4.69) is 4.74 Å². The van der Waals surface area contributed by atoms with Crippen LogP contribution in [0, 0.1) is 5.41 Å². The zero-order valence-corrected chi connectivity index (χ0v) is 23.4. The Labute approximate surface area is 222 Å². The van der Waals surface area contributed by atoms with Crippen molar-refractivity contribution in [2.24, 2.45) is 5.41 Å². The van der Waals surface area contributed by atoms with Crippen LogP contribution in [0.25, 0.3) is 0 Å². The minimum Gasteiger partial charge on any atom is -0.393 e. The fraction of sp³-hybridized carbons (Fsp3) is 0.828. The van der Waals surface area contributed by atoms with Gasteiger partial charge in [-0.15, -0.1) is 0 Å². The molecule has 1 atom stereocenters. The van der Waals surface area contributed by atoms with Gasteiger partial charge in [-0.1, -0.05) is 78.6 Å². The number of hydrogen-bond acceptors (Lipinski definition) is 8. The van der Waals surface area contributed by atoms with Gasteiger partial charge < -0.3 is 14.9 Å². The number of esters is 2. The zero-order valence-electron chi connectivity index (χ0n) is 23.4. The Morgan fingerprint density at radius 1 is 0.622 bits per heavy atom. The van der Waals surface area contributed by atoms with Crippen LogP contribution in [-0.2, 0) is 28.7 Å². The molecule has 0 bridgehead atoms. The first-order valence-corrected chi connectivity index (χ1v) is 14.3. The van der Waals surface area contributed by atoms with Gasteiger partial charge >= 0.3 is 11.9 Å². The van der Waals surface area contributed by atoms with E-state index in [-0.39, 0.29) is 49.5 Å². The van der Waals surface area contributed by atoms with Gasteiger partial charge in [-0.3, -0.25) is 19.2 Å². The molecule has 0 aromatic rings. The average Bonchev–Trinajstić information content (AvgIpc) is 2.87. The number of hydrogen-bond donors (Lipinski definition) is 2. The molecular weight excluding hydrogens is 476 g/mol. The SMILES string of the molecule is CCCCCC(=O)C(CCCCCCC(=O)OC(=O)C(O)CO)(C(=O)CCCCC)C(=O)CCCCC. The first-order chi connectivity index (χ1) is 17.7. The molecule has 1 unspecified atom stereocenters. The van der Waals surface area contributed by atoms with Crippen molar-refractivity contribution in [3.63, 3.8) is 0 Å². The summed E-state index contributed by atoms with van der Waals surface area (Å²) in [6, 6.07) is 0. The Morgan fingerprint density at radius 3 is 1.43 bits per heavy atom. The van der Waals surface area contributed by atoms with Crippen LogP contribution in [0.15, 0.2) is 0 Å². The third kappa shape index (κ3) is 13.4. The zero-order chi connectivity index (χ0) is 28.1. The van der Waals surface area contributed by atoms with Gasteiger partial charge in [0.05, 0.1) is 6.61 Å². The number of Topliss-reactive ketones (excluding diaryl/α,β-unsaturated/α-hetero) is 3. The highest BCUT2D eigenvalue weighted by Gasteiger charge is 2.49. The van der Waals surface area contributed by atoms with Crippen molar-refractivity contribution in [2.45, 2.75) is 142 Å². The van der Waals surface area contributed by atoms with Crippen LogP contribution < -0.4 is 0 Å². The molecule has 0 spiro atoms. The fourth-order valence-electron chi connectivity index (χ4n) is 4.45. The predicted octanol–water partition coefficient (Wildman–Crippen LogP) is 5.18. The maximum absolute atomic E-state index is 13.5. The first-order valence-electron chi connectivity index (χ1n) is 14.3. The Morgan fingerprint density at radius 2 is 1.03 bits per heavy atom. The van der Waals surface area contributed by atoms with Gasteiger partial charge in [0.15, 0.2) is 23.5 Å². The van der Waals surface area contributed by atoms with E-state index < -0.39 is 30.1 Å². The molecule has 0 amide bonds. The molecule has 2 N–H and O–H groups in total. The molecule has 0 rings (SSSR count). The van der Waals surface area contributed by atoms with Crippen LogP contribution in [0.4, 0.5) is 0 Å². The molecule has 8 nitrogen and oxygen atoms in total. The molecule has 0 saturated carbocycles. The molecule has 0 saturated heterocycles. The van der Waals surface area contributed by atoms with Crippen molar-refractivity contribution < 1.29 is 38.9 Å². The molecular formula is C29H50O8. The van der Waals surface area contributed by atoms with Crippen LogP contribution in [0.3, 0.4) is 0 Å². The second-order valence-electron chi connectivity index (χ2n) is 9.95. The summed E-state index contributed by atoms with van der Waals surface area (Å²) < 4.78 is 4.48. The number of ketones is 3. The summed E-state index contributed by atoms with van der Waals surface area (Å²) in [6.45, 7) is 5.32. The molecule has 37 heavy (non-hydrogen) atoms. The first kappa shape index (κ1) is 35.1. The predicted molar refractivity (Wildman–Crippen MR) is 142 cm³/mol. The van der Waals surface area contributed by atoms with E-state index in [4.69, 9.17) is 5.11 Å². The van der Waals surface area contributed by atoms with Gasteiger partial charge in [0.2, 0.25) is 0 Å². The summed E-state index contributed by atoms with van der Waals surface area (Å²) in [6.07, 6.45) is 8.81. The lowest BCUT2D eigenvalue weighted by atomic mass is 9.68. The summed E-state index contributed by atoms with van der Waals surface area (Å²) >= 11 is 0. The molecule has 0 aliphatic carbocycles. The highest BCUT2D eigenvalue weighted by atomic mass is 16.6. The monoisotopic (exact) mass is 526 g/mol. The van der Waals surface area contributed by atoms with Crippen LogP contribution >= 0.6 is 0 Å². The van der Waals surface area contributed by atoms with Crippen molar-refractivity contribution in [3.05, 3.63) is 0 Å². The van der Waals surface area contributed by atoms with E-state index in [0.717, 1.165) is 38.5 Å². The molecule has 0 aliphatic heterocycles. The topological polar surface area (TPSA) is 135 Å². The second kappa shape index (κ2) is 21.1. The third-order valence-electron chi connectivity index (χ3n) is 6.79. The van der Waals surface area contributed by atoms with Crippen LogP contribution in [0.1, 0.15) is 136 Å². The van der Waals surface area contributed by atoms with Gasteiger partial charge in [-0.25, -0.2) is 4.79 Å². The van der Waals surface area contributed by atoms with E-state index in [0.29, 0.717) is 44.9 Å². The summed E-state index contributed by atoms with van der Waals surface area (Å²) in [7, 11) is 0. The van der Waals surface area contributed by atoms with Gasteiger partial charge in [0.1, 0.15) is 5.41 Å². The van der Waals surface area contributed by atoms with E-state index >= 15 is 0 Å². The largest absolute Gasteiger partial charge is 0.393 e. The molecule has 8 heteroatoms. The van der Waals surface area contributed by atoms with Gasteiger partial charge in [0.25, 0.3) is 0 Å². The number of unbranched alkanes of at least 4 members (excludes halogenated alkanes) is 9. The summed E-state index contributed by atoms with van der Waals surface area (Å²) in [4.78, 5) is 63.6. The number of aliphatic hydroxyl groups is 2. The summed E-state index contributed by atoms with van der Waals surface area (Å²) in [5.74, 6) is -2.65. The van der Waals surface area contributed by atoms with E-state index in [1.807, 2.05) is 20.8 Å². The average molecular weight is 527 g/mol. The highest BCUT2D eigenvalue weighted by Crippen LogP contribution is 2.35. The molecule has 214 valence electrons. The van der Waals surface area contributed by atoms with Crippen molar-refractivity contribution in [2.75, 3.05) is 6.61 Å². The van der Waals surface area contributed by atoms with Crippen molar-refractivity contribution in [3.8, 4) is 0 Å². The normalized spacial score (nSPS) is 12.2. The van der Waals surface area contributed by atoms with E-state index in [1.54, 1.807) is 0 Å². The Hall–Kier alpha value is -1.93. The van der Waals surface area contributed by atoms with Gasteiger partial charge in [-0.05, 0) is 32.1 Å². The minimum absolute atomic E-state index is 0.0309. The Balaban J connectivity index is 5.28. The van der Waals surface area contributed by atoms with Crippen LogP contribution in [0.2, 0.25) is 0 Å². The molecule has 0 fully saturated rings. The molecule has 0 heterocycles. The third-order valence-corrected chi connectivity index (χ3v) is 6.79. The number of aliphatic hydroxyl groups excluding tert-OH is 2. The quantitative estimate of drug-likeness (QED) is 0.0997. The lowest BCUT2D eigenvalue weighted by Gasteiger charge is -2.30.